The quantitative estimate of drug-likeness (QED) is 0.659. The van der Waals surface area contributed by atoms with Crippen molar-refractivity contribution in [3.8, 4) is 0 Å². The van der Waals surface area contributed by atoms with Crippen molar-refractivity contribution in [1.29, 1.82) is 0 Å². The first-order valence-corrected chi connectivity index (χ1v) is 9.45. The van der Waals surface area contributed by atoms with E-state index in [0.717, 1.165) is 19.3 Å². The Hall–Kier alpha value is -1.65. The summed E-state index contributed by atoms with van der Waals surface area (Å²) in [6.07, 6.45) is 3.32. The molecule has 0 bridgehead atoms. The van der Waals surface area contributed by atoms with Gasteiger partial charge in [0.2, 0.25) is 0 Å². The van der Waals surface area contributed by atoms with Crippen LogP contribution in [0, 0.1) is 5.92 Å². The second-order valence-electron chi connectivity index (χ2n) is 5.47. The molecule has 0 fully saturated rings. The fourth-order valence-electron chi connectivity index (χ4n) is 2.31. The summed E-state index contributed by atoms with van der Waals surface area (Å²) < 4.78 is 16.9. The average Bonchev–Trinajstić information content (AvgIpc) is 2.50. The minimum atomic E-state index is -4.12. The van der Waals surface area contributed by atoms with E-state index in [1.165, 1.54) is 24.3 Å². The monoisotopic (exact) mass is 342 g/mol. The van der Waals surface area contributed by atoms with Crippen LogP contribution >= 0.6 is 7.60 Å². The summed E-state index contributed by atoms with van der Waals surface area (Å²) in [7, 11) is -4.12. The molecule has 0 aliphatic heterocycles. The molecule has 0 aliphatic carbocycles. The van der Waals surface area contributed by atoms with Crippen molar-refractivity contribution >= 4 is 19.5 Å². The van der Waals surface area contributed by atoms with Crippen molar-refractivity contribution in [2.75, 3.05) is 6.16 Å². The second-order valence-corrected chi connectivity index (χ2v) is 7.29. The lowest BCUT2D eigenvalue weighted by atomic mass is 10.0. The average molecular weight is 342 g/mol. The van der Waals surface area contributed by atoms with Crippen molar-refractivity contribution in [2.24, 2.45) is 5.92 Å². The third kappa shape index (κ3) is 6.16. The number of carboxylic acid groups (broad SMARTS) is 1. The van der Waals surface area contributed by atoms with Crippen LogP contribution in [0.1, 0.15) is 60.2 Å². The van der Waals surface area contributed by atoms with E-state index in [1.807, 2.05) is 13.8 Å². The molecule has 2 N–H and O–H groups in total. The molecule has 1 aromatic rings. The van der Waals surface area contributed by atoms with Crippen molar-refractivity contribution in [2.45, 2.75) is 39.5 Å². The van der Waals surface area contributed by atoms with Crippen LogP contribution in [-0.2, 0) is 9.09 Å². The van der Waals surface area contributed by atoms with E-state index in [2.05, 4.69) is 0 Å². The SMILES string of the molecule is CCCCC(CC)CP(=O)(O)OC(=O)c1ccccc1C(=O)O. The minimum Gasteiger partial charge on any atom is -0.478 e. The normalized spacial score (nSPS) is 14.7. The molecule has 1 aromatic carbocycles. The van der Waals surface area contributed by atoms with E-state index in [1.54, 1.807) is 0 Å². The molecular formula is C16H23O6P. The summed E-state index contributed by atoms with van der Waals surface area (Å²) >= 11 is 0. The van der Waals surface area contributed by atoms with Gasteiger partial charge >= 0.3 is 19.5 Å². The maximum Gasteiger partial charge on any atom is 0.379 e. The number of carboxylic acids is 1. The Morgan fingerprint density at radius 2 is 1.83 bits per heavy atom. The highest BCUT2D eigenvalue weighted by Gasteiger charge is 2.30. The van der Waals surface area contributed by atoms with Crippen LogP contribution in [-0.4, -0.2) is 28.1 Å². The summed E-state index contributed by atoms with van der Waals surface area (Å²) in [5.41, 5.74) is -0.480. The first kappa shape index (κ1) is 19.4. The number of benzene rings is 1. The Labute approximate surface area is 136 Å². The van der Waals surface area contributed by atoms with Crippen LogP contribution in [0.5, 0.6) is 0 Å². The molecular weight excluding hydrogens is 319 g/mol. The first-order valence-electron chi connectivity index (χ1n) is 7.68. The third-order valence-electron chi connectivity index (χ3n) is 3.64. The minimum absolute atomic E-state index is 0.00620. The van der Waals surface area contributed by atoms with E-state index >= 15 is 0 Å². The molecule has 0 saturated heterocycles. The van der Waals surface area contributed by atoms with Crippen LogP contribution in [0.15, 0.2) is 24.3 Å². The van der Waals surface area contributed by atoms with E-state index in [0.29, 0.717) is 6.42 Å². The highest BCUT2D eigenvalue weighted by atomic mass is 31.2. The first-order chi connectivity index (χ1) is 10.8. The van der Waals surface area contributed by atoms with Crippen molar-refractivity contribution < 1.29 is 28.7 Å². The zero-order chi connectivity index (χ0) is 17.5. The lowest BCUT2D eigenvalue weighted by Crippen LogP contribution is -2.14. The predicted octanol–water partition coefficient (Wildman–Crippen LogP) is 3.94. The number of carbonyl (C=O) groups excluding carboxylic acids is 1. The maximum absolute atomic E-state index is 12.2. The highest BCUT2D eigenvalue weighted by molar-refractivity contribution is 7.53. The van der Waals surface area contributed by atoms with Crippen LogP contribution < -0.4 is 0 Å². The Balaban J connectivity index is 2.83. The number of hydrogen-bond acceptors (Lipinski definition) is 4. The van der Waals surface area contributed by atoms with Crippen molar-refractivity contribution in [3.63, 3.8) is 0 Å². The van der Waals surface area contributed by atoms with Crippen LogP contribution in [0.2, 0.25) is 0 Å². The van der Waals surface area contributed by atoms with Crippen molar-refractivity contribution in [1.82, 2.24) is 0 Å². The Kier molecular flexibility index (Phi) is 7.46. The molecule has 0 heterocycles. The number of rotatable bonds is 9. The van der Waals surface area contributed by atoms with Gasteiger partial charge in [0.05, 0.1) is 17.3 Å². The molecule has 2 atom stereocenters. The molecule has 0 spiro atoms. The standard InChI is InChI=1S/C16H23O6P/c1-3-5-8-12(4-2)11-23(20,21)22-16(19)14-10-7-6-9-13(14)15(17)18/h6-7,9-10,12H,3-5,8,11H2,1-2H3,(H,17,18)(H,20,21). The zero-order valence-corrected chi connectivity index (χ0v) is 14.3. The number of hydrogen-bond donors (Lipinski definition) is 2. The van der Waals surface area contributed by atoms with Gasteiger partial charge in [-0.1, -0.05) is 45.2 Å². The van der Waals surface area contributed by atoms with Gasteiger partial charge < -0.3 is 14.5 Å². The molecule has 6 nitrogen and oxygen atoms in total. The van der Waals surface area contributed by atoms with Crippen LogP contribution in [0.4, 0.5) is 0 Å². The molecule has 128 valence electrons. The van der Waals surface area contributed by atoms with E-state index < -0.39 is 19.5 Å². The fraction of sp³-hybridized carbons (Fsp3) is 0.500. The van der Waals surface area contributed by atoms with Gasteiger partial charge in [-0.2, -0.15) is 0 Å². The van der Waals surface area contributed by atoms with Crippen LogP contribution in [0.3, 0.4) is 0 Å². The smallest absolute Gasteiger partial charge is 0.379 e. The largest absolute Gasteiger partial charge is 0.478 e. The molecule has 0 amide bonds. The van der Waals surface area contributed by atoms with Gasteiger partial charge in [-0.25, -0.2) is 14.2 Å². The van der Waals surface area contributed by atoms with Gasteiger partial charge in [-0.15, -0.1) is 0 Å². The molecule has 0 saturated carbocycles. The van der Waals surface area contributed by atoms with E-state index in [9.17, 15) is 19.0 Å². The lowest BCUT2D eigenvalue weighted by Gasteiger charge is -2.18. The molecule has 2 unspecified atom stereocenters. The van der Waals surface area contributed by atoms with E-state index in [-0.39, 0.29) is 23.2 Å². The van der Waals surface area contributed by atoms with Crippen LogP contribution in [0.25, 0.3) is 0 Å². The summed E-state index contributed by atoms with van der Waals surface area (Å²) in [6, 6.07) is 5.45. The zero-order valence-electron chi connectivity index (χ0n) is 13.4. The summed E-state index contributed by atoms with van der Waals surface area (Å²) in [6.45, 7) is 3.95. The lowest BCUT2D eigenvalue weighted by molar-refractivity contribution is 0.0659. The molecule has 0 radical (unpaired) electrons. The topological polar surface area (TPSA) is 101 Å². The van der Waals surface area contributed by atoms with E-state index in [4.69, 9.17) is 9.63 Å². The van der Waals surface area contributed by atoms with Gasteiger partial charge in [0.25, 0.3) is 0 Å². The summed E-state index contributed by atoms with van der Waals surface area (Å²) in [5, 5.41) is 9.05. The van der Waals surface area contributed by atoms with Gasteiger partial charge in [0.1, 0.15) is 0 Å². The Morgan fingerprint density at radius 3 is 2.35 bits per heavy atom. The maximum atomic E-state index is 12.2. The Morgan fingerprint density at radius 1 is 1.22 bits per heavy atom. The third-order valence-corrected chi connectivity index (χ3v) is 5.06. The molecule has 0 aromatic heterocycles. The second kappa shape index (κ2) is 8.85. The molecule has 1 rings (SSSR count). The summed E-state index contributed by atoms with van der Waals surface area (Å²) in [5.74, 6) is -2.38. The molecule has 23 heavy (non-hydrogen) atoms. The highest BCUT2D eigenvalue weighted by Crippen LogP contribution is 2.46. The fourth-order valence-corrected chi connectivity index (χ4v) is 3.83. The van der Waals surface area contributed by atoms with Gasteiger partial charge in [0, 0.05) is 0 Å². The number of unbranched alkanes of at least 4 members (excludes halogenated alkanes) is 1. The predicted molar refractivity (Wildman–Crippen MR) is 86.8 cm³/mol. The van der Waals surface area contributed by atoms with Gasteiger partial charge in [0.15, 0.2) is 0 Å². The molecule has 0 aliphatic rings. The van der Waals surface area contributed by atoms with Crippen molar-refractivity contribution in [3.05, 3.63) is 35.4 Å². The molecule has 7 heteroatoms. The van der Waals surface area contributed by atoms with Gasteiger partial charge in [-0.3, -0.25) is 0 Å². The summed E-state index contributed by atoms with van der Waals surface area (Å²) in [4.78, 5) is 33.1. The number of aromatic carboxylic acids is 1. The van der Waals surface area contributed by atoms with Gasteiger partial charge in [-0.05, 0) is 24.5 Å². The Bertz CT molecular complexity index is 598. The number of carbonyl (C=O) groups is 2.